The molecule has 6 rings (SSSR count). The van der Waals surface area contributed by atoms with E-state index in [4.69, 9.17) is 33.3 Å². The van der Waals surface area contributed by atoms with E-state index in [-0.39, 0.29) is 188 Å². The largest absolute Gasteiger partial charge is 0.476 e. The molecule has 2 aliphatic heterocycles. The zero-order chi connectivity index (χ0) is 81.7. The number of hydrogen-bond acceptors (Lipinski definition) is 26. The van der Waals surface area contributed by atoms with E-state index in [2.05, 4.69) is 48.1 Å². The molecule has 2 aromatic rings. The number of carbonyl (C=O) groups is 16. The van der Waals surface area contributed by atoms with Crippen molar-refractivity contribution in [2.75, 3.05) is 18.1 Å². The van der Waals surface area contributed by atoms with Crippen molar-refractivity contribution in [1.82, 2.24) is 37.4 Å². The predicted molar refractivity (Wildman–Crippen MR) is 439 cm³/mol. The van der Waals surface area contributed by atoms with Crippen LogP contribution >= 0.6 is 69.6 Å². The maximum Gasteiger partial charge on any atom is 0.355 e. The quantitative estimate of drug-likeness (QED) is 0.0169. The third kappa shape index (κ3) is 40.8. The molecule has 6 amide bonds. The number of hydrogen-bond donors (Lipinski definition) is 9. The number of aliphatic imine (C=N–C) groups is 2. The van der Waals surface area contributed by atoms with Crippen LogP contribution in [0, 0.1) is 11.8 Å². The highest BCUT2D eigenvalue weighted by Gasteiger charge is 2.51. The Morgan fingerprint density at radius 2 is 0.991 bits per heavy atom. The molecule has 0 saturated heterocycles. The Morgan fingerprint density at radius 3 is 1.43 bits per heavy atom. The highest BCUT2D eigenvalue weighted by Crippen LogP contribution is 2.44. The maximum atomic E-state index is 12.9. The molecule has 2 fully saturated rings. The van der Waals surface area contributed by atoms with Crippen molar-refractivity contribution in [2.24, 2.45) is 33.3 Å². The topological polar surface area (TPSA) is 499 Å². The number of carbonyl (C=O) groups excluding carboxylic acids is 14. The van der Waals surface area contributed by atoms with Crippen LogP contribution in [0.15, 0.2) is 20.7 Å². The Balaban J connectivity index is 0.000000594. The van der Waals surface area contributed by atoms with E-state index in [1.54, 1.807) is 6.92 Å². The fourth-order valence-corrected chi connectivity index (χ4v) is 16.5. The number of aromatic carboxylic acids is 2. The molecule has 0 bridgehead atoms. The van der Waals surface area contributed by atoms with E-state index in [0.717, 1.165) is 47.5 Å². The van der Waals surface area contributed by atoms with Crippen LogP contribution in [0.1, 0.15) is 311 Å². The molecule has 626 valence electrons. The van der Waals surface area contributed by atoms with Crippen molar-refractivity contribution >= 4 is 173 Å². The number of nitrogens with two attached hydrogens (primary N) is 2. The Kier molecular flexibility index (Phi) is 46.7. The number of halogens is 1. The molecule has 0 unspecified atom stereocenters. The predicted octanol–water partition coefficient (Wildman–Crippen LogP) is 12.0. The number of nitrogens with zero attached hydrogens (tertiary/aromatic N) is 4. The molecule has 0 spiro atoms. The standard InChI is InChI=1S/C32H43N5O9S2.C30H54N2O5S.C14H14ClN3O4S2.CH4.H3N/c1-3-4-5-27(43)34-21(15-26(33)42)24(40)12-18(2)6-7-20(39)14-28(44)37-32(10-11-32)25(41)13-19(38)8-9-29-35-22(16-47-29)30-36-23(17-48-30)31(45)46;1-6-7-8-9-10-11-12-13-14-15-16-17-28(36)32-25(22-27(31)35)26(34)20-23(2)18-19-24(33)21-29(37)38-30(3,4)5;15-14(1-2-14)9(19)3-10(20)16-4-11-17-7(5-23-11)12-18-8(6-24-12)13(21)22;;/h17-18,21-22H,3-16H2,1-2H3,(H2,33,42)(H,34,43)(H,37,44)(H,45,46);23,25H,6-22H2,1-5H3,(H2,31,35)(H,32,36);6-7H,1-5H2,(H,16,20)(H,21,22);1H4;1H3/t18-,21+,22-;23-,25+;7-;;/m000../s1. The summed E-state index contributed by atoms with van der Waals surface area (Å²) in [4.78, 5) is 210. The van der Waals surface area contributed by atoms with Crippen molar-refractivity contribution in [3.05, 3.63) is 32.2 Å². The summed E-state index contributed by atoms with van der Waals surface area (Å²) < 4.78 is -0.232. The van der Waals surface area contributed by atoms with Crippen molar-refractivity contribution < 1.29 is 86.9 Å². The second-order valence-electron chi connectivity index (χ2n) is 29.7. The second-order valence-corrected chi connectivity index (χ2v) is 36.3. The van der Waals surface area contributed by atoms with Crippen LogP contribution < -0.4 is 38.9 Å². The monoisotopic (exact) mass is 1680 g/mol. The summed E-state index contributed by atoms with van der Waals surface area (Å²) in [6.07, 6.45) is 17.1. The van der Waals surface area contributed by atoms with Crippen LogP contribution in [0.25, 0.3) is 0 Å². The number of thiazole rings is 2. The Morgan fingerprint density at radius 1 is 0.554 bits per heavy atom. The van der Waals surface area contributed by atoms with Crippen LogP contribution in [0.4, 0.5) is 0 Å². The van der Waals surface area contributed by atoms with E-state index in [9.17, 15) is 76.7 Å². The summed E-state index contributed by atoms with van der Waals surface area (Å²) in [5.41, 5.74) is 9.43. The van der Waals surface area contributed by atoms with Gasteiger partial charge in [-0.2, -0.15) is 0 Å². The lowest BCUT2D eigenvalue weighted by Crippen LogP contribution is -2.44. The van der Waals surface area contributed by atoms with E-state index < -0.39 is 64.4 Å². The van der Waals surface area contributed by atoms with Gasteiger partial charge in [0.2, 0.25) is 35.4 Å². The Labute approximate surface area is 683 Å². The van der Waals surface area contributed by atoms with Gasteiger partial charge >= 0.3 is 11.9 Å². The maximum absolute atomic E-state index is 12.9. The molecule has 29 nitrogen and oxygen atoms in total. The lowest BCUT2D eigenvalue weighted by molar-refractivity contribution is -0.134. The molecule has 4 aliphatic rings. The molecule has 2 aromatic heterocycles. The van der Waals surface area contributed by atoms with Crippen LogP contribution in [0.3, 0.4) is 0 Å². The summed E-state index contributed by atoms with van der Waals surface area (Å²) in [6.45, 7) is 13.8. The van der Waals surface area contributed by atoms with Crippen LogP contribution in [0.5, 0.6) is 0 Å². The summed E-state index contributed by atoms with van der Waals surface area (Å²) in [7, 11) is 0. The molecule has 0 aromatic carbocycles. The minimum Gasteiger partial charge on any atom is -0.476 e. The van der Waals surface area contributed by atoms with Crippen molar-refractivity contribution in [1.29, 1.82) is 0 Å². The van der Waals surface area contributed by atoms with Gasteiger partial charge in [0.15, 0.2) is 39.6 Å². The number of aromatic nitrogens is 2. The van der Waals surface area contributed by atoms with Gasteiger partial charge in [-0.3, -0.25) is 77.1 Å². The van der Waals surface area contributed by atoms with Crippen LogP contribution in [-0.2, 0) is 67.1 Å². The molecule has 35 heteroatoms. The first-order chi connectivity index (χ1) is 51.9. The fourth-order valence-electron chi connectivity index (χ4n) is 11.5. The number of nitrogens with one attached hydrogen (secondary N) is 4. The highest BCUT2D eigenvalue weighted by molar-refractivity contribution is 8.15. The summed E-state index contributed by atoms with van der Waals surface area (Å²) in [5, 5.41) is 34.1. The van der Waals surface area contributed by atoms with Gasteiger partial charge in [0.1, 0.15) is 44.3 Å². The number of rotatable bonds is 53. The number of alkyl halides is 1. The van der Waals surface area contributed by atoms with Crippen LogP contribution in [-0.4, -0.2) is 169 Å². The molecule has 13 N–H and O–H groups in total. The van der Waals surface area contributed by atoms with Crippen LogP contribution in [0.2, 0.25) is 0 Å². The van der Waals surface area contributed by atoms with E-state index >= 15 is 0 Å². The minimum atomic E-state index is -1.14. The van der Waals surface area contributed by atoms with Crippen molar-refractivity contribution in [3.63, 3.8) is 0 Å². The Bertz CT molecular complexity index is 3620. The lowest BCUT2D eigenvalue weighted by atomic mass is 9.93. The normalized spacial score (nSPS) is 16.5. The van der Waals surface area contributed by atoms with Gasteiger partial charge in [-0.25, -0.2) is 19.6 Å². The lowest BCUT2D eigenvalue weighted by Gasteiger charge is -2.19. The first-order valence-corrected chi connectivity index (χ1v) is 42.9. The molecule has 6 atom stereocenters. The summed E-state index contributed by atoms with van der Waals surface area (Å²) in [6, 6.07) is -2.43. The molecule has 2 saturated carbocycles. The van der Waals surface area contributed by atoms with Crippen molar-refractivity contribution in [2.45, 2.75) is 307 Å². The number of Topliss-reactive ketones (excluding diaryl/α,β-unsaturated/α-hetero) is 7. The van der Waals surface area contributed by atoms with Gasteiger partial charge in [0.25, 0.3) is 0 Å². The van der Waals surface area contributed by atoms with Gasteiger partial charge in [-0.1, -0.05) is 138 Å². The average Bonchev–Trinajstić information content (AvgIpc) is 1.69. The third-order valence-electron chi connectivity index (χ3n) is 18.1. The number of unbranched alkanes of at least 4 members (excludes halogenated alkanes) is 11. The second kappa shape index (κ2) is 51.8. The van der Waals surface area contributed by atoms with Crippen molar-refractivity contribution in [3.8, 4) is 0 Å². The Hall–Kier alpha value is -6.98. The molecule has 4 heterocycles. The van der Waals surface area contributed by atoms with Gasteiger partial charge in [0, 0.05) is 78.4 Å². The van der Waals surface area contributed by atoms with Gasteiger partial charge in [-0.05, 0) is 63.2 Å². The van der Waals surface area contributed by atoms with E-state index in [1.807, 2.05) is 34.6 Å². The van der Waals surface area contributed by atoms with Gasteiger partial charge < -0.3 is 49.1 Å². The number of amides is 6. The first kappa shape index (κ1) is 101. The molecular weight excluding hydrogens is 1560 g/mol. The fraction of sp³-hybridized carbons (Fsp3) is 0.688. The molecule has 0 radical (unpaired) electrons. The smallest absolute Gasteiger partial charge is 0.355 e. The first-order valence-electron chi connectivity index (χ1n) is 38.0. The van der Waals surface area contributed by atoms with E-state index in [1.165, 1.54) is 108 Å². The molecule has 112 heavy (non-hydrogen) atoms. The third-order valence-corrected chi connectivity index (χ3v) is 23.8. The van der Waals surface area contributed by atoms with Gasteiger partial charge in [-0.15, -0.1) is 57.8 Å². The number of thioether (sulfide) groups is 3. The minimum absolute atomic E-state index is 0. The zero-order valence-electron chi connectivity index (χ0n) is 65.1. The average molecular weight is 1680 g/mol. The molecular formula is C77H118ClN11O18S5. The molecule has 2 aliphatic carbocycles. The summed E-state index contributed by atoms with van der Waals surface area (Å²) >= 11 is 12.6. The summed E-state index contributed by atoms with van der Waals surface area (Å²) in [5.74, 6) is -6.20. The number of ketones is 7. The van der Waals surface area contributed by atoms with E-state index in [0.29, 0.717) is 79.3 Å². The zero-order valence-corrected chi connectivity index (χ0v) is 69.9. The highest BCUT2D eigenvalue weighted by atomic mass is 35.5. The number of carboxylic acid groups (broad SMARTS) is 2. The van der Waals surface area contributed by atoms with Gasteiger partial charge in [0.05, 0.1) is 72.8 Å². The SMILES string of the molecule is C.CCCCC(=O)N[C@H](CC(N)=O)C(=O)C[C@@H](C)CCC(=O)CC(=O)NC1(C(=O)CC(=O)CCC2=N[C@H](c3nc(C(=O)O)cs3)CS2)CC1.CCCCCCCCCCCCCC(=O)N[C@H](CC(N)=O)C(=O)C[C@@H](C)CCC(=O)CC(=O)SC(C)(C)C.N.O=C(CC(=O)C1(Cl)CC1)NCC1=N[C@H](c2nc(C(=O)O)cs2)CS1. The number of primary amides is 2. The number of carboxylic acids is 2.